The highest BCUT2D eigenvalue weighted by Crippen LogP contribution is 2.25. The van der Waals surface area contributed by atoms with Crippen LogP contribution in [0.1, 0.15) is 30.9 Å². The van der Waals surface area contributed by atoms with Crippen molar-refractivity contribution < 1.29 is 5.11 Å². The van der Waals surface area contributed by atoms with E-state index >= 15 is 0 Å². The van der Waals surface area contributed by atoms with Crippen LogP contribution < -0.4 is 5.32 Å². The van der Waals surface area contributed by atoms with Crippen LogP contribution in [-0.2, 0) is 19.4 Å². The summed E-state index contributed by atoms with van der Waals surface area (Å²) in [4.78, 5) is 2.57. The summed E-state index contributed by atoms with van der Waals surface area (Å²) >= 11 is 0. The molecule has 0 saturated carbocycles. The average molecular weight is 329 g/mol. The molecule has 2 N–H and O–H groups in total. The van der Waals surface area contributed by atoms with Gasteiger partial charge in [-0.05, 0) is 55.5 Å². The largest absolute Gasteiger partial charge is 0.396 e. The van der Waals surface area contributed by atoms with Gasteiger partial charge in [0.05, 0.1) is 0 Å². The average Bonchev–Trinajstić information content (AvgIpc) is 2.98. The Balaban J connectivity index is 1.72. The second-order valence-corrected chi connectivity index (χ2v) is 6.83. The fraction of sp³-hybridized carbons (Fsp3) is 0.600. The highest BCUT2D eigenvalue weighted by Gasteiger charge is 2.12. The lowest BCUT2D eigenvalue weighted by atomic mass is 10.0. The lowest BCUT2D eigenvalue weighted by molar-refractivity contribution is 0.238. The van der Waals surface area contributed by atoms with Gasteiger partial charge in [0.2, 0.25) is 0 Å². The molecule has 24 heavy (non-hydrogen) atoms. The molecule has 1 fully saturated rings. The molecule has 0 amide bonds. The number of aromatic nitrogens is 1. The van der Waals surface area contributed by atoms with Crippen LogP contribution >= 0.6 is 0 Å². The third kappa shape index (κ3) is 4.18. The summed E-state index contributed by atoms with van der Waals surface area (Å²) in [5, 5.41) is 14.0. The molecule has 2 aromatic rings. The summed E-state index contributed by atoms with van der Waals surface area (Å²) in [5.41, 5.74) is 4.19. The van der Waals surface area contributed by atoms with Crippen LogP contribution in [0.3, 0.4) is 0 Å². The molecule has 0 unspecified atom stereocenters. The van der Waals surface area contributed by atoms with E-state index in [1.54, 1.807) is 0 Å². The minimum absolute atomic E-state index is 0.255. The highest BCUT2D eigenvalue weighted by molar-refractivity contribution is 5.84. The van der Waals surface area contributed by atoms with Crippen molar-refractivity contribution in [2.45, 2.75) is 39.2 Å². The number of hydrogen-bond acceptors (Lipinski definition) is 3. The van der Waals surface area contributed by atoms with Crippen LogP contribution in [0.2, 0.25) is 0 Å². The van der Waals surface area contributed by atoms with Crippen LogP contribution in [0, 0.1) is 0 Å². The maximum Gasteiger partial charge on any atom is 0.0483 e. The second kappa shape index (κ2) is 8.65. The summed E-state index contributed by atoms with van der Waals surface area (Å²) in [6.07, 6.45) is 6.57. The molecule has 0 radical (unpaired) electrons. The van der Waals surface area contributed by atoms with Gasteiger partial charge in [-0.25, -0.2) is 0 Å². The molecule has 0 aliphatic carbocycles. The number of aliphatic hydroxyl groups is 1. The Morgan fingerprint density at radius 3 is 2.71 bits per heavy atom. The zero-order valence-electron chi connectivity index (χ0n) is 14.9. The third-order valence-corrected chi connectivity index (χ3v) is 5.12. The van der Waals surface area contributed by atoms with E-state index in [4.69, 9.17) is 5.11 Å². The molecule has 4 nitrogen and oxygen atoms in total. The van der Waals surface area contributed by atoms with Crippen molar-refractivity contribution in [1.82, 2.24) is 14.8 Å². The Morgan fingerprint density at radius 2 is 1.96 bits per heavy atom. The lowest BCUT2D eigenvalue weighted by Crippen LogP contribution is -2.43. The van der Waals surface area contributed by atoms with Crippen molar-refractivity contribution in [3.63, 3.8) is 0 Å². The zero-order valence-corrected chi connectivity index (χ0v) is 14.9. The van der Waals surface area contributed by atoms with Gasteiger partial charge < -0.3 is 19.9 Å². The van der Waals surface area contributed by atoms with Gasteiger partial charge in [0, 0.05) is 56.4 Å². The zero-order chi connectivity index (χ0) is 16.8. The van der Waals surface area contributed by atoms with Gasteiger partial charge in [0.1, 0.15) is 0 Å². The molecule has 4 heteroatoms. The van der Waals surface area contributed by atoms with Crippen LogP contribution in [0.5, 0.6) is 0 Å². The van der Waals surface area contributed by atoms with Crippen molar-refractivity contribution >= 4 is 10.9 Å². The predicted octanol–water partition coefficient (Wildman–Crippen LogP) is 2.42. The van der Waals surface area contributed by atoms with Crippen molar-refractivity contribution in [3.05, 3.63) is 35.5 Å². The predicted molar refractivity (Wildman–Crippen MR) is 101 cm³/mol. The van der Waals surface area contributed by atoms with Gasteiger partial charge in [-0.1, -0.05) is 13.0 Å². The van der Waals surface area contributed by atoms with Gasteiger partial charge in [-0.15, -0.1) is 0 Å². The van der Waals surface area contributed by atoms with Gasteiger partial charge in [0.15, 0.2) is 0 Å². The molecule has 1 aliphatic heterocycles. The van der Waals surface area contributed by atoms with E-state index in [0.29, 0.717) is 0 Å². The van der Waals surface area contributed by atoms with Crippen LogP contribution in [-0.4, -0.2) is 53.9 Å². The molecule has 132 valence electrons. The molecular formula is C20H31N3O. The second-order valence-electron chi connectivity index (χ2n) is 6.83. The summed E-state index contributed by atoms with van der Waals surface area (Å²) in [6, 6.07) is 6.86. The molecule has 1 saturated heterocycles. The molecule has 1 aromatic carbocycles. The number of piperazine rings is 1. The Hall–Kier alpha value is -1.36. The first-order chi connectivity index (χ1) is 11.8. The monoisotopic (exact) mass is 329 g/mol. The summed E-state index contributed by atoms with van der Waals surface area (Å²) in [5.74, 6) is 0. The van der Waals surface area contributed by atoms with Crippen molar-refractivity contribution in [2.24, 2.45) is 0 Å². The van der Waals surface area contributed by atoms with Gasteiger partial charge in [-0.3, -0.25) is 0 Å². The lowest BCUT2D eigenvalue weighted by Gasteiger charge is -2.26. The Labute approximate surface area is 145 Å². The molecular weight excluding hydrogens is 298 g/mol. The van der Waals surface area contributed by atoms with Crippen LogP contribution in [0.25, 0.3) is 10.9 Å². The Kier molecular flexibility index (Phi) is 6.30. The molecule has 2 heterocycles. The van der Waals surface area contributed by atoms with E-state index in [0.717, 1.165) is 38.9 Å². The molecule has 1 aliphatic rings. The Bertz CT molecular complexity index is 644. The van der Waals surface area contributed by atoms with Gasteiger partial charge in [0.25, 0.3) is 0 Å². The number of fused-ring (bicyclic) bond motifs is 1. The maximum absolute atomic E-state index is 9.15. The van der Waals surface area contributed by atoms with Crippen molar-refractivity contribution in [2.75, 3.05) is 39.3 Å². The van der Waals surface area contributed by atoms with Crippen LogP contribution in [0.4, 0.5) is 0 Å². The van der Waals surface area contributed by atoms with Crippen molar-refractivity contribution in [1.29, 1.82) is 0 Å². The number of hydrogen-bond donors (Lipinski definition) is 2. The molecule has 0 bridgehead atoms. The topological polar surface area (TPSA) is 40.4 Å². The minimum Gasteiger partial charge on any atom is -0.396 e. The number of aryl methyl sites for hydroxylation is 3. The SMILES string of the molecule is CCc1ccc2c(c1)c(CCCN1CCNCC1)cn2CCCO. The number of nitrogens with one attached hydrogen (secondary N) is 1. The van der Waals surface area contributed by atoms with Crippen molar-refractivity contribution in [3.8, 4) is 0 Å². The number of aliphatic hydroxyl groups excluding tert-OH is 1. The summed E-state index contributed by atoms with van der Waals surface area (Å²) < 4.78 is 2.32. The van der Waals surface area contributed by atoms with Crippen LogP contribution in [0.15, 0.2) is 24.4 Å². The first-order valence-electron chi connectivity index (χ1n) is 9.46. The minimum atomic E-state index is 0.255. The van der Waals surface area contributed by atoms with E-state index in [1.165, 1.54) is 48.1 Å². The fourth-order valence-corrected chi connectivity index (χ4v) is 3.69. The van der Waals surface area contributed by atoms with E-state index in [-0.39, 0.29) is 6.61 Å². The summed E-state index contributed by atoms with van der Waals surface area (Å²) in [6.45, 7) is 9.17. The molecule has 0 atom stereocenters. The maximum atomic E-state index is 9.15. The summed E-state index contributed by atoms with van der Waals surface area (Å²) in [7, 11) is 0. The Morgan fingerprint density at radius 1 is 1.12 bits per heavy atom. The van der Waals surface area contributed by atoms with E-state index in [9.17, 15) is 0 Å². The number of benzene rings is 1. The first kappa shape index (κ1) is 17.5. The van der Waals surface area contributed by atoms with E-state index in [2.05, 4.69) is 46.1 Å². The normalized spacial score (nSPS) is 16.1. The molecule has 3 rings (SSSR count). The number of nitrogens with zero attached hydrogens (tertiary/aromatic N) is 2. The third-order valence-electron chi connectivity index (χ3n) is 5.12. The van der Waals surface area contributed by atoms with Gasteiger partial charge >= 0.3 is 0 Å². The standard InChI is InChI=1S/C20H31N3O/c1-2-17-6-7-20-19(15-17)18(16-23(20)11-4-14-24)5-3-10-22-12-8-21-9-13-22/h6-7,15-16,21,24H,2-5,8-14H2,1H3. The smallest absolute Gasteiger partial charge is 0.0483 e. The first-order valence-corrected chi connectivity index (χ1v) is 9.46. The quantitative estimate of drug-likeness (QED) is 0.781. The van der Waals surface area contributed by atoms with E-state index in [1.807, 2.05) is 0 Å². The fourth-order valence-electron chi connectivity index (χ4n) is 3.69. The number of rotatable bonds is 8. The highest BCUT2D eigenvalue weighted by atomic mass is 16.3. The molecule has 0 spiro atoms. The van der Waals surface area contributed by atoms with E-state index < -0.39 is 0 Å². The molecule has 1 aromatic heterocycles. The van der Waals surface area contributed by atoms with Gasteiger partial charge in [-0.2, -0.15) is 0 Å².